The highest BCUT2D eigenvalue weighted by molar-refractivity contribution is 5.63. The second-order valence-electron chi connectivity index (χ2n) is 3.07. The number of hydrogen-bond acceptors (Lipinski definition) is 3. The molecule has 0 fully saturated rings. The summed E-state index contributed by atoms with van der Waals surface area (Å²) < 4.78 is 9.92. The standard InChI is InChI=1S/C11H11NO2/c1-8-7-9(13-2)3-4-10(8)11-5-6-14-12-11/h3-7H,1-2H3. The van der Waals surface area contributed by atoms with E-state index in [1.54, 1.807) is 13.4 Å². The lowest BCUT2D eigenvalue weighted by molar-refractivity contribution is 0.414. The monoisotopic (exact) mass is 189 g/mol. The Balaban J connectivity index is 2.46. The average molecular weight is 189 g/mol. The van der Waals surface area contributed by atoms with Gasteiger partial charge in [0.05, 0.1) is 7.11 Å². The molecule has 0 amide bonds. The highest BCUT2D eigenvalue weighted by Gasteiger charge is 2.05. The second kappa shape index (κ2) is 3.54. The molecule has 1 heterocycles. The van der Waals surface area contributed by atoms with E-state index in [0.717, 1.165) is 22.6 Å². The Labute approximate surface area is 82.3 Å². The first-order chi connectivity index (χ1) is 6.81. The number of ether oxygens (including phenoxy) is 1. The van der Waals surface area contributed by atoms with E-state index < -0.39 is 0 Å². The van der Waals surface area contributed by atoms with Crippen LogP contribution < -0.4 is 4.74 Å². The van der Waals surface area contributed by atoms with Crippen LogP contribution in [0.4, 0.5) is 0 Å². The fourth-order valence-electron chi connectivity index (χ4n) is 1.40. The SMILES string of the molecule is COc1ccc(-c2ccon2)c(C)c1. The third kappa shape index (κ3) is 1.48. The van der Waals surface area contributed by atoms with Gasteiger partial charge in [-0.3, -0.25) is 0 Å². The summed E-state index contributed by atoms with van der Waals surface area (Å²) in [6.45, 7) is 2.02. The maximum Gasteiger partial charge on any atom is 0.124 e. The summed E-state index contributed by atoms with van der Waals surface area (Å²) in [7, 11) is 1.66. The van der Waals surface area contributed by atoms with Gasteiger partial charge in [-0.05, 0) is 30.7 Å². The van der Waals surface area contributed by atoms with Gasteiger partial charge in [0.1, 0.15) is 17.7 Å². The third-order valence-electron chi connectivity index (χ3n) is 2.15. The normalized spacial score (nSPS) is 10.1. The fourth-order valence-corrected chi connectivity index (χ4v) is 1.40. The van der Waals surface area contributed by atoms with Gasteiger partial charge >= 0.3 is 0 Å². The van der Waals surface area contributed by atoms with E-state index in [0.29, 0.717) is 0 Å². The molecule has 2 rings (SSSR count). The van der Waals surface area contributed by atoms with Gasteiger partial charge in [0.25, 0.3) is 0 Å². The minimum absolute atomic E-state index is 0.852. The molecule has 0 aliphatic rings. The minimum Gasteiger partial charge on any atom is -0.497 e. The molecule has 0 spiro atoms. The second-order valence-corrected chi connectivity index (χ2v) is 3.07. The zero-order chi connectivity index (χ0) is 9.97. The number of hydrogen-bond donors (Lipinski definition) is 0. The molecule has 0 N–H and O–H groups in total. The van der Waals surface area contributed by atoms with Crippen molar-refractivity contribution in [1.29, 1.82) is 0 Å². The minimum atomic E-state index is 0.852. The van der Waals surface area contributed by atoms with Gasteiger partial charge in [0.15, 0.2) is 0 Å². The molecule has 3 heteroatoms. The van der Waals surface area contributed by atoms with E-state index in [4.69, 9.17) is 9.26 Å². The average Bonchev–Trinajstić information content (AvgIpc) is 2.70. The Kier molecular flexibility index (Phi) is 2.23. The van der Waals surface area contributed by atoms with E-state index in [-0.39, 0.29) is 0 Å². The Hall–Kier alpha value is -1.77. The predicted molar refractivity (Wildman–Crippen MR) is 53.2 cm³/mol. The van der Waals surface area contributed by atoms with Gasteiger partial charge in [-0.2, -0.15) is 0 Å². The Morgan fingerprint density at radius 2 is 2.14 bits per heavy atom. The summed E-state index contributed by atoms with van der Waals surface area (Å²) in [5, 5.41) is 3.89. The number of methoxy groups -OCH3 is 1. The van der Waals surface area contributed by atoms with E-state index in [2.05, 4.69) is 5.16 Å². The molecule has 0 bridgehead atoms. The maximum absolute atomic E-state index is 5.12. The summed E-state index contributed by atoms with van der Waals surface area (Å²) in [6.07, 6.45) is 1.57. The van der Waals surface area contributed by atoms with Crippen LogP contribution in [0.3, 0.4) is 0 Å². The number of nitrogens with zero attached hydrogens (tertiary/aromatic N) is 1. The van der Waals surface area contributed by atoms with Crippen LogP contribution in [0, 0.1) is 6.92 Å². The fraction of sp³-hybridized carbons (Fsp3) is 0.182. The molecule has 2 aromatic rings. The van der Waals surface area contributed by atoms with Crippen LogP contribution in [0.5, 0.6) is 5.75 Å². The summed E-state index contributed by atoms with van der Waals surface area (Å²) in [6, 6.07) is 7.71. The number of aromatic nitrogens is 1. The molecule has 0 atom stereocenters. The number of rotatable bonds is 2. The summed E-state index contributed by atoms with van der Waals surface area (Å²) in [4.78, 5) is 0. The molecule has 0 saturated heterocycles. The molecule has 0 radical (unpaired) electrons. The predicted octanol–water partition coefficient (Wildman–Crippen LogP) is 2.66. The smallest absolute Gasteiger partial charge is 0.124 e. The topological polar surface area (TPSA) is 35.3 Å². The van der Waals surface area contributed by atoms with Crippen LogP contribution in [-0.2, 0) is 0 Å². The van der Waals surface area contributed by atoms with Gasteiger partial charge in [0.2, 0.25) is 0 Å². The Morgan fingerprint density at radius 1 is 1.29 bits per heavy atom. The third-order valence-corrected chi connectivity index (χ3v) is 2.15. The Morgan fingerprint density at radius 3 is 2.71 bits per heavy atom. The molecule has 0 aliphatic heterocycles. The largest absolute Gasteiger partial charge is 0.497 e. The van der Waals surface area contributed by atoms with Gasteiger partial charge in [0, 0.05) is 11.6 Å². The van der Waals surface area contributed by atoms with Crippen LogP contribution >= 0.6 is 0 Å². The van der Waals surface area contributed by atoms with Crippen molar-refractivity contribution < 1.29 is 9.26 Å². The molecular weight excluding hydrogens is 178 g/mol. The molecule has 1 aromatic heterocycles. The van der Waals surface area contributed by atoms with Crippen LogP contribution in [0.2, 0.25) is 0 Å². The molecule has 0 aliphatic carbocycles. The first kappa shape index (κ1) is 8.81. The van der Waals surface area contributed by atoms with Crippen molar-refractivity contribution in [3.8, 4) is 17.0 Å². The van der Waals surface area contributed by atoms with Crippen molar-refractivity contribution in [2.75, 3.05) is 7.11 Å². The molecule has 0 saturated carbocycles. The van der Waals surface area contributed by atoms with Crippen molar-refractivity contribution in [2.24, 2.45) is 0 Å². The quantitative estimate of drug-likeness (QED) is 0.728. The van der Waals surface area contributed by atoms with Gasteiger partial charge in [-0.15, -0.1) is 0 Å². The lowest BCUT2D eigenvalue weighted by atomic mass is 10.1. The van der Waals surface area contributed by atoms with Crippen LogP contribution in [-0.4, -0.2) is 12.3 Å². The van der Waals surface area contributed by atoms with E-state index in [9.17, 15) is 0 Å². The summed E-state index contributed by atoms with van der Waals surface area (Å²) in [5.41, 5.74) is 3.04. The first-order valence-electron chi connectivity index (χ1n) is 4.36. The lowest BCUT2D eigenvalue weighted by Crippen LogP contribution is -1.87. The highest BCUT2D eigenvalue weighted by Crippen LogP contribution is 2.25. The van der Waals surface area contributed by atoms with Crippen molar-refractivity contribution in [1.82, 2.24) is 5.16 Å². The van der Waals surface area contributed by atoms with E-state index in [1.807, 2.05) is 31.2 Å². The zero-order valence-corrected chi connectivity index (χ0v) is 8.15. The van der Waals surface area contributed by atoms with Crippen molar-refractivity contribution in [3.63, 3.8) is 0 Å². The van der Waals surface area contributed by atoms with Gasteiger partial charge in [-0.25, -0.2) is 0 Å². The molecule has 1 aromatic carbocycles. The summed E-state index contributed by atoms with van der Waals surface area (Å²) >= 11 is 0. The first-order valence-corrected chi connectivity index (χ1v) is 4.36. The van der Waals surface area contributed by atoms with Crippen molar-refractivity contribution in [3.05, 3.63) is 36.1 Å². The van der Waals surface area contributed by atoms with Gasteiger partial charge in [-0.1, -0.05) is 5.16 Å². The van der Waals surface area contributed by atoms with E-state index in [1.165, 1.54) is 0 Å². The summed E-state index contributed by atoms with van der Waals surface area (Å²) in [5.74, 6) is 0.856. The van der Waals surface area contributed by atoms with Crippen molar-refractivity contribution in [2.45, 2.75) is 6.92 Å². The molecule has 14 heavy (non-hydrogen) atoms. The van der Waals surface area contributed by atoms with Gasteiger partial charge < -0.3 is 9.26 Å². The molecule has 3 nitrogen and oxygen atoms in total. The molecular formula is C11H11NO2. The molecule has 72 valence electrons. The van der Waals surface area contributed by atoms with Crippen LogP contribution in [0.1, 0.15) is 5.56 Å². The van der Waals surface area contributed by atoms with E-state index >= 15 is 0 Å². The number of aryl methyl sites for hydroxylation is 1. The highest BCUT2D eigenvalue weighted by atomic mass is 16.5. The zero-order valence-electron chi connectivity index (χ0n) is 8.15. The molecule has 0 unspecified atom stereocenters. The maximum atomic E-state index is 5.12. The number of benzene rings is 1. The lowest BCUT2D eigenvalue weighted by Gasteiger charge is -2.04. The van der Waals surface area contributed by atoms with Crippen LogP contribution in [0.15, 0.2) is 35.1 Å². The Bertz CT molecular complexity index is 421. The van der Waals surface area contributed by atoms with Crippen LogP contribution in [0.25, 0.3) is 11.3 Å². The van der Waals surface area contributed by atoms with Crippen molar-refractivity contribution >= 4 is 0 Å².